The zero-order chi connectivity index (χ0) is 11.7. The summed E-state index contributed by atoms with van der Waals surface area (Å²) in [6, 6.07) is 1.61. The Morgan fingerprint density at radius 2 is 2.50 bits per heavy atom. The largest absolute Gasteiger partial charge is 0.385 e. The van der Waals surface area contributed by atoms with Gasteiger partial charge < -0.3 is 10.7 Å². The van der Waals surface area contributed by atoms with Gasteiger partial charge in [-0.05, 0) is 12.2 Å². The maximum absolute atomic E-state index is 11.7. The molecule has 0 radical (unpaired) electrons. The molecule has 0 aromatic carbocycles. The Bertz CT molecular complexity index is 496. The Kier molecular flexibility index (Phi) is 2.74. The Morgan fingerprint density at radius 1 is 1.75 bits per heavy atom. The van der Waals surface area contributed by atoms with E-state index in [1.807, 2.05) is 0 Å². The number of H-pyrrole nitrogens is 1. The van der Waals surface area contributed by atoms with E-state index in [4.69, 9.17) is 18.0 Å². The molecule has 6 heteroatoms. The van der Waals surface area contributed by atoms with Crippen molar-refractivity contribution in [1.82, 2.24) is 9.97 Å². The van der Waals surface area contributed by atoms with Gasteiger partial charge in [0.15, 0.2) is 4.77 Å². The van der Waals surface area contributed by atoms with E-state index >= 15 is 0 Å². The highest BCUT2D eigenvalue weighted by atomic mass is 32.1. The third kappa shape index (κ3) is 1.96. The fourth-order valence-corrected chi connectivity index (χ4v) is 1.93. The van der Waals surface area contributed by atoms with Crippen molar-refractivity contribution < 1.29 is 4.79 Å². The lowest BCUT2D eigenvalue weighted by atomic mass is 10.1. The van der Waals surface area contributed by atoms with Gasteiger partial charge in [0, 0.05) is 24.9 Å². The smallest absolute Gasteiger partial charge is 0.228 e. The standard InChI is InChI=1S/C10H12N4OS/c1-2-6-3-9(15)14(5-6)8-4-7(11)12-10(16)13-8/h2,4,6H,1,3,5H2,(H3,11,12,13,16). The Labute approximate surface area is 98.0 Å². The predicted molar refractivity (Wildman–Crippen MR) is 64.5 cm³/mol. The second-order valence-electron chi connectivity index (χ2n) is 3.70. The van der Waals surface area contributed by atoms with Crippen molar-refractivity contribution in [2.45, 2.75) is 6.42 Å². The number of amides is 1. The van der Waals surface area contributed by atoms with Crippen molar-refractivity contribution in [3.05, 3.63) is 23.5 Å². The molecule has 16 heavy (non-hydrogen) atoms. The molecule has 1 fully saturated rings. The van der Waals surface area contributed by atoms with Crippen LogP contribution in [-0.2, 0) is 4.79 Å². The van der Waals surface area contributed by atoms with Gasteiger partial charge >= 0.3 is 0 Å². The molecule has 0 saturated carbocycles. The van der Waals surface area contributed by atoms with E-state index in [1.54, 1.807) is 17.0 Å². The Morgan fingerprint density at radius 3 is 3.06 bits per heavy atom. The zero-order valence-corrected chi connectivity index (χ0v) is 9.46. The van der Waals surface area contributed by atoms with Crippen LogP contribution < -0.4 is 10.6 Å². The van der Waals surface area contributed by atoms with E-state index in [1.165, 1.54) is 0 Å². The molecule has 1 atom stereocenters. The van der Waals surface area contributed by atoms with Gasteiger partial charge in [0.1, 0.15) is 11.6 Å². The minimum atomic E-state index is 0.0254. The van der Waals surface area contributed by atoms with Gasteiger partial charge in [-0.2, -0.15) is 0 Å². The normalized spacial score (nSPS) is 20.1. The molecule has 1 aliphatic heterocycles. The van der Waals surface area contributed by atoms with E-state index in [0.29, 0.717) is 24.6 Å². The quantitative estimate of drug-likeness (QED) is 0.599. The summed E-state index contributed by atoms with van der Waals surface area (Å²) in [4.78, 5) is 20.1. The summed E-state index contributed by atoms with van der Waals surface area (Å²) in [7, 11) is 0. The first kappa shape index (κ1) is 10.8. The number of nitrogens with one attached hydrogen (secondary N) is 1. The van der Waals surface area contributed by atoms with Crippen molar-refractivity contribution in [2.24, 2.45) is 5.92 Å². The maximum atomic E-state index is 11.7. The fraction of sp³-hybridized carbons (Fsp3) is 0.300. The van der Waals surface area contributed by atoms with E-state index in [-0.39, 0.29) is 16.6 Å². The summed E-state index contributed by atoms with van der Waals surface area (Å²) >= 11 is 4.91. The zero-order valence-electron chi connectivity index (χ0n) is 8.64. The van der Waals surface area contributed by atoms with Gasteiger partial charge in [-0.1, -0.05) is 6.08 Å². The maximum Gasteiger partial charge on any atom is 0.228 e. The van der Waals surface area contributed by atoms with E-state index < -0.39 is 0 Å². The monoisotopic (exact) mass is 236 g/mol. The highest BCUT2D eigenvalue weighted by Gasteiger charge is 2.29. The first-order valence-corrected chi connectivity index (χ1v) is 5.30. The van der Waals surface area contributed by atoms with E-state index in [2.05, 4.69) is 16.5 Å². The molecule has 1 unspecified atom stereocenters. The van der Waals surface area contributed by atoms with Crippen LogP contribution in [0.4, 0.5) is 11.6 Å². The summed E-state index contributed by atoms with van der Waals surface area (Å²) in [6.45, 7) is 4.28. The first-order valence-electron chi connectivity index (χ1n) is 4.90. The van der Waals surface area contributed by atoms with Crippen molar-refractivity contribution in [1.29, 1.82) is 0 Å². The predicted octanol–water partition coefficient (Wildman–Crippen LogP) is 1.26. The average Bonchev–Trinajstić information content (AvgIpc) is 2.58. The van der Waals surface area contributed by atoms with Gasteiger partial charge in [0.05, 0.1) is 0 Å². The van der Waals surface area contributed by atoms with Gasteiger partial charge in [0.25, 0.3) is 0 Å². The lowest BCUT2D eigenvalue weighted by Crippen LogP contribution is -2.25. The van der Waals surface area contributed by atoms with Crippen LogP contribution in [-0.4, -0.2) is 22.4 Å². The Balaban J connectivity index is 2.34. The number of hydrogen-bond acceptors (Lipinski definition) is 4. The van der Waals surface area contributed by atoms with Gasteiger partial charge in [-0.25, -0.2) is 4.98 Å². The highest BCUT2D eigenvalue weighted by Crippen LogP contribution is 2.24. The lowest BCUT2D eigenvalue weighted by Gasteiger charge is -2.14. The minimum absolute atomic E-state index is 0.0254. The molecule has 3 N–H and O–H groups in total. The fourth-order valence-electron chi connectivity index (χ4n) is 1.72. The molecular weight excluding hydrogens is 224 g/mol. The number of anilines is 2. The number of nitrogens with two attached hydrogens (primary N) is 1. The third-order valence-electron chi connectivity index (χ3n) is 2.52. The van der Waals surface area contributed by atoms with Crippen LogP contribution in [0, 0.1) is 10.7 Å². The molecule has 5 nitrogen and oxygen atoms in total. The third-order valence-corrected chi connectivity index (χ3v) is 2.71. The lowest BCUT2D eigenvalue weighted by molar-refractivity contribution is -0.117. The van der Waals surface area contributed by atoms with E-state index in [9.17, 15) is 4.79 Å². The van der Waals surface area contributed by atoms with Crippen LogP contribution in [0.15, 0.2) is 18.7 Å². The molecule has 1 aromatic heterocycles. The molecule has 1 aliphatic rings. The van der Waals surface area contributed by atoms with Crippen LogP contribution in [0.1, 0.15) is 6.42 Å². The van der Waals surface area contributed by atoms with E-state index in [0.717, 1.165) is 0 Å². The number of nitrogens with zero attached hydrogens (tertiary/aromatic N) is 2. The van der Waals surface area contributed by atoms with Gasteiger partial charge in [0.2, 0.25) is 5.91 Å². The van der Waals surface area contributed by atoms with Crippen LogP contribution in [0.3, 0.4) is 0 Å². The Hall–Kier alpha value is -1.69. The minimum Gasteiger partial charge on any atom is -0.385 e. The molecule has 0 aliphatic carbocycles. The summed E-state index contributed by atoms with van der Waals surface area (Å²) in [5, 5.41) is 0. The molecule has 1 saturated heterocycles. The highest BCUT2D eigenvalue weighted by molar-refractivity contribution is 7.71. The van der Waals surface area contributed by atoms with Crippen molar-refractivity contribution in [3.63, 3.8) is 0 Å². The number of nitrogen functional groups attached to an aromatic ring is 1. The molecule has 1 aromatic rings. The number of carbonyl (C=O) groups excluding carboxylic acids is 1. The molecule has 0 bridgehead atoms. The van der Waals surface area contributed by atoms with Crippen LogP contribution in [0.2, 0.25) is 0 Å². The summed E-state index contributed by atoms with van der Waals surface area (Å²) in [6.07, 6.45) is 2.25. The van der Waals surface area contributed by atoms with Crippen molar-refractivity contribution in [2.75, 3.05) is 17.2 Å². The van der Waals surface area contributed by atoms with Crippen molar-refractivity contribution >= 4 is 29.8 Å². The van der Waals surface area contributed by atoms with Gasteiger partial charge in [-0.15, -0.1) is 6.58 Å². The van der Waals surface area contributed by atoms with Crippen LogP contribution in [0.5, 0.6) is 0 Å². The number of carbonyl (C=O) groups is 1. The molecule has 1 amide bonds. The average molecular weight is 236 g/mol. The number of aromatic nitrogens is 2. The molecule has 84 valence electrons. The van der Waals surface area contributed by atoms with Gasteiger partial charge in [-0.3, -0.25) is 9.69 Å². The summed E-state index contributed by atoms with van der Waals surface area (Å²) in [5.41, 5.74) is 5.62. The molecular formula is C10H12N4OS. The topological polar surface area (TPSA) is 75.0 Å². The van der Waals surface area contributed by atoms with Crippen LogP contribution >= 0.6 is 12.2 Å². The second-order valence-corrected chi connectivity index (χ2v) is 4.09. The SMILES string of the molecule is C=CC1CC(=O)N(c2cc(N)[nH]c(=S)n2)C1. The first-order chi connectivity index (χ1) is 7.60. The number of hydrogen-bond donors (Lipinski definition) is 2. The number of rotatable bonds is 2. The molecule has 2 heterocycles. The summed E-state index contributed by atoms with van der Waals surface area (Å²) in [5.74, 6) is 1.12. The number of aromatic amines is 1. The van der Waals surface area contributed by atoms with Crippen molar-refractivity contribution in [3.8, 4) is 0 Å². The van der Waals surface area contributed by atoms with Crippen LogP contribution in [0.25, 0.3) is 0 Å². The summed E-state index contributed by atoms with van der Waals surface area (Å²) < 4.78 is 0.282. The molecule has 2 rings (SSSR count). The molecule has 0 spiro atoms. The second kappa shape index (κ2) is 4.05.